The van der Waals surface area contributed by atoms with Crippen LogP contribution >= 0.6 is 11.3 Å². The zero-order valence-corrected chi connectivity index (χ0v) is 10.3. The monoisotopic (exact) mass is 238 g/mol. The molecule has 1 aliphatic carbocycles. The maximum atomic E-state index is 11.9. The molecule has 0 bridgehead atoms. The van der Waals surface area contributed by atoms with Crippen LogP contribution in [-0.2, 0) is 0 Å². The van der Waals surface area contributed by atoms with Crippen molar-refractivity contribution in [2.45, 2.75) is 44.7 Å². The van der Waals surface area contributed by atoms with E-state index in [1.807, 2.05) is 18.4 Å². The molecule has 0 atom stereocenters. The molecule has 3 N–H and O–H groups in total. The molecule has 3 nitrogen and oxygen atoms in total. The van der Waals surface area contributed by atoms with Gasteiger partial charge in [-0.2, -0.15) is 0 Å². The van der Waals surface area contributed by atoms with Crippen LogP contribution < -0.4 is 11.1 Å². The molecule has 0 radical (unpaired) electrons. The van der Waals surface area contributed by atoms with Crippen molar-refractivity contribution in [1.82, 2.24) is 5.32 Å². The summed E-state index contributed by atoms with van der Waals surface area (Å²) in [6.07, 6.45) is 4.07. The molecule has 1 saturated carbocycles. The third-order valence-corrected chi connectivity index (χ3v) is 4.19. The maximum Gasteiger partial charge on any atom is 0.261 e. The Morgan fingerprint density at radius 2 is 2.12 bits per heavy atom. The van der Waals surface area contributed by atoms with Gasteiger partial charge in [0, 0.05) is 12.1 Å². The van der Waals surface area contributed by atoms with Gasteiger partial charge in [0.15, 0.2) is 0 Å². The van der Waals surface area contributed by atoms with Gasteiger partial charge in [0.25, 0.3) is 5.91 Å². The molecule has 88 valence electrons. The molecule has 0 spiro atoms. The van der Waals surface area contributed by atoms with Gasteiger partial charge in [0.1, 0.15) is 0 Å². The molecule has 0 unspecified atom stereocenters. The Kier molecular flexibility index (Phi) is 3.61. The molecule has 2 rings (SSSR count). The third-order valence-electron chi connectivity index (χ3n) is 3.18. The van der Waals surface area contributed by atoms with Crippen molar-refractivity contribution in [3.05, 3.63) is 21.9 Å². The zero-order chi connectivity index (χ0) is 11.5. The van der Waals surface area contributed by atoms with Crippen molar-refractivity contribution >= 4 is 17.2 Å². The van der Waals surface area contributed by atoms with E-state index in [0.717, 1.165) is 36.1 Å². The molecule has 1 aliphatic rings. The molecule has 0 saturated heterocycles. The number of thiophene rings is 1. The van der Waals surface area contributed by atoms with Crippen molar-refractivity contribution in [3.8, 4) is 0 Å². The Balaban J connectivity index is 1.91. The average molecular weight is 238 g/mol. The lowest BCUT2D eigenvalue weighted by Gasteiger charge is -2.26. The van der Waals surface area contributed by atoms with Crippen LogP contribution in [0.2, 0.25) is 0 Å². The number of hydrogen-bond donors (Lipinski definition) is 2. The van der Waals surface area contributed by atoms with Gasteiger partial charge in [-0.05, 0) is 49.6 Å². The molecule has 1 fully saturated rings. The maximum absolute atomic E-state index is 11.9. The molecule has 1 aromatic heterocycles. The lowest BCUT2D eigenvalue weighted by molar-refractivity contribution is 0.0929. The Bertz CT molecular complexity index is 367. The van der Waals surface area contributed by atoms with Gasteiger partial charge in [0.2, 0.25) is 0 Å². The summed E-state index contributed by atoms with van der Waals surface area (Å²) < 4.78 is 0. The predicted molar refractivity (Wildman–Crippen MR) is 66.8 cm³/mol. The first kappa shape index (κ1) is 11.6. The van der Waals surface area contributed by atoms with Crippen LogP contribution in [-0.4, -0.2) is 18.0 Å². The molecule has 16 heavy (non-hydrogen) atoms. The van der Waals surface area contributed by atoms with Crippen LogP contribution in [0.5, 0.6) is 0 Å². The summed E-state index contributed by atoms with van der Waals surface area (Å²) in [6.45, 7) is 1.97. The number of hydrogen-bond acceptors (Lipinski definition) is 3. The minimum atomic E-state index is 0.0768. The highest BCUT2D eigenvalue weighted by Gasteiger charge is 2.21. The number of amides is 1. The van der Waals surface area contributed by atoms with Crippen molar-refractivity contribution in [3.63, 3.8) is 0 Å². The fourth-order valence-corrected chi connectivity index (χ4v) is 2.95. The second kappa shape index (κ2) is 4.97. The summed E-state index contributed by atoms with van der Waals surface area (Å²) in [5.41, 5.74) is 6.90. The molecule has 1 heterocycles. The van der Waals surface area contributed by atoms with Crippen LogP contribution in [0.3, 0.4) is 0 Å². The Hall–Kier alpha value is -0.870. The van der Waals surface area contributed by atoms with Crippen molar-refractivity contribution < 1.29 is 4.79 Å². The second-order valence-corrected chi connectivity index (χ2v) is 5.43. The molecule has 1 amide bonds. The molecular formula is C12H18N2OS. The van der Waals surface area contributed by atoms with E-state index in [1.165, 1.54) is 11.3 Å². The highest BCUT2D eigenvalue weighted by molar-refractivity contribution is 7.12. The van der Waals surface area contributed by atoms with Gasteiger partial charge in [-0.1, -0.05) is 0 Å². The summed E-state index contributed by atoms with van der Waals surface area (Å²) in [4.78, 5) is 12.8. The van der Waals surface area contributed by atoms with E-state index in [0.29, 0.717) is 12.1 Å². The normalized spacial score (nSPS) is 25.4. The van der Waals surface area contributed by atoms with Gasteiger partial charge in [-0.25, -0.2) is 0 Å². The number of carbonyl (C=O) groups excluding carboxylic acids is 1. The molecule has 0 aliphatic heterocycles. The van der Waals surface area contributed by atoms with E-state index in [-0.39, 0.29) is 5.91 Å². The molecule has 1 aromatic rings. The first-order valence-corrected chi connectivity index (χ1v) is 6.65. The first-order chi connectivity index (χ1) is 7.66. The fourth-order valence-electron chi connectivity index (χ4n) is 2.12. The number of rotatable bonds is 2. The summed E-state index contributed by atoms with van der Waals surface area (Å²) in [7, 11) is 0. The van der Waals surface area contributed by atoms with Gasteiger partial charge >= 0.3 is 0 Å². The van der Waals surface area contributed by atoms with E-state index in [1.54, 1.807) is 0 Å². The summed E-state index contributed by atoms with van der Waals surface area (Å²) in [5, 5.41) is 5.06. The Labute approximate surface area is 100 Å². The summed E-state index contributed by atoms with van der Waals surface area (Å²) >= 11 is 1.51. The standard InChI is InChI=1S/C12H18N2OS/c1-8-6-7-16-11(8)12(15)14-10-4-2-9(13)3-5-10/h6-7,9-10H,2-5,13H2,1H3,(H,14,15). The lowest BCUT2D eigenvalue weighted by Crippen LogP contribution is -2.40. The van der Waals surface area contributed by atoms with Crippen LogP contribution in [0, 0.1) is 6.92 Å². The second-order valence-electron chi connectivity index (χ2n) is 4.52. The van der Waals surface area contributed by atoms with Crippen LogP contribution in [0.15, 0.2) is 11.4 Å². The van der Waals surface area contributed by atoms with E-state index >= 15 is 0 Å². The third kappa shape index (κ3) is 2.62. The smallest absolute Gasteiger partial charge is 0.261 e. The van der Waals surface area contributed by atoms with Crippen molar-refractivity contribution in [1.29, 1.82) is 0 Å². The fraction of sp³-hybridized carbons (Fsp3) is 0.583. The van der Waals surface area contributed by atoms with E-state index in [9.17, 15) is 4.79 Å². The predicted octanol–water partition coefficient (Wildman–Crippen LogP) is 2.06. The molecule has 4 heteroatoms. The van der Waals surface area contributed by atoms with E-state index in [2.05, 4.69) is 5.32 Å². The molecule has 0 aromatic carbocycles. The topological polar surface area (TPSA) is 55.1 Å². The Morgan fingerprint density at radius 3 is 2.69 bits per heavy atom. The highest BCUT2D eigenvalue weighted by Crippen LogP contribution is 2.19. The van der Waals surface area contributed by atoms with Crippen LogP contribution in [0.4, 0.5) is 0 Å². The van der Waals surface area contributed by atoms with Gasteiger partial charge in [-0.3, -0.25) is 4.79 Å². The number of carbonyl (C=O) groups is 1. The first-order valence-electron chi connectivity index (χ1n) is 5.77. The quantitative estimate of drug-likeness (QED) is 0.828. The lowest BCUT2D eigenvalue weighted by atomic mass is 9.92. The minimum Gasteiger partial charge on any atom is -0.349 e. The van der Waals surface area contributed by atoms with Crippen molar-refractivity contribution in [2.75, 3.05) is 0 Å². The van der Waals surface area contributed by atoms with E-state index < -0.39 is 0 Å². The number of aryl methyl sites for hydroxylation is 1. The van der Waals surface area contributed by atoms with Gasteiger partial charge < -0.3 is 11.1 Å². The summed E-state index contributed by atoms with van der Waals surface area (Å²) in [5.74, 6) is 0.0768. The van der Waals surface area contributed by atoms with Crippen LogP contribution in [0.25, 0.3) is 0 Å². The van der Waals surface area contributed by atoms with Gasteiger partial charge in [-0.15, -0.1) is 11.3 Å². The average Bonchev–Trinajstić information content (AvgIpc) is 2.68. The largest absolute Gasteiger partial charge is 0.349 e. The number of nitrogens with two attached hydrogens (primary N) is 1. The van der Waals surface area contributed by atoms with Crippen molar-refractivity contribution in [2.24, 2.45) is 5.73 Å². The van der Waals surface area contributed by atoms with Gasteiger partial charge in [0.05, 0.1) is 4.88 Å². The Morgan fingerprint density at radius 1 is 1.44 bits per heavy atom. The summed E-state index contributed by atoms with van der Waals surface area (Å²) in [6, 6.07) is 2.63. The van der Waals surface area contributed by atoms with Crippen LogP contribution in [0.1, 0.15) is 40.9 Å². The minimum absolute atomic E-state index is 0.0768. The molecular weight excluding hydrogens is 220 g/mol. The highest BCUT2D eigenvalue weighted by atomic mass is 32.1. The van der Waals surface area contributed by atoms with E-state index in [4.69, 9.17) is 5.73 Å². The SMILES string of the molecule is Cc1ccsc1C(=O)NC1CCC(N)CC1. The number of nitrogens with one attached hydrogen (secondary N) is 1. The zero-order valence-electron chi connectivity index (χ0n) is 9.53.